The van der Waals surface area contributed by atoms with Crippen molar-refractivity contribution in [3.63, 3.8) is 0 Å². The van der Waals surface area contributed by atoms with Gasteiger partial charge in [-0.05, 0) is 36.2 Å². The van der Waals surface area contributed by atoms with Crippen LogP contribution in [0.15, 0.2) is 42.5 Å². The van der Waals surface area contributed by atoms with Gasteiger partial charge in [-0.2, -0.15) is 0 Å². The van der Waals surface area contributed by atoms with Gasteiger partial charge in [0, 0.05) is 18.2 Å². The van der Waals surface area contributed by atoms with Crippen LogP contribution in [-0.2, 0) is 11.2 Å². The third-order valence-electron chi connectivity index (χ3n) is 2.98. The van der Waals surface area contributed by atoms with Crippen molar-refractivity contribution in [2.45, 2.75) is 12.8 Å². The number of carbonyl (C=O) groups excluding carboxylic acids is 1. The summed E-state index contributed by atoms with van der Waals surface area (Å²) in [6.45, 7) is 0. The fourth-order valence-electron chi connectivity index (χ4n) is 1.88. The molecule has 2 aromatic carbocycles. The number of carbonyl (C=O) groups is 1. The first-order valence-corrected chi connectivity index (χ1v) is 6.46. The molecule has 0 atom stereocenters. The lowest BCUT2D eigenvalue weighted by atomic mass is 10.1. The number of nitrogens with one attached hydrogen (secondary N) is 1. The number of methoxy groups -OCH3 is 1. The molecule has 1 N–H and O–H groups in total. The Bertz CT molecular complexity index is 644. The molecule has 0 spiro atoms. The molecule has 0 unspecified atom stereocenters. The van der Waals surface area contributed by atoms with Crippen LogP contribution < -0.4 is 10.1 Å². The van der Waals surface area contributed by atoms with Crippen LogP contribution in [0.5, 0.6) is 5.75 Å². The number of hydrogen-bond donors (Lipinski definition) is 1. The molecule has 0 aliphatic carbocycles. The Morgan fingerprint density at radius 3 is 2.67 bits per heavy atom. The smallest absolute Gasteiger partial charge is 0.224 e. The molecular weight excluding hydrogens is 276 g/mol. The van der Waals surface area contributed by atoms with Crippen molar-refractivity contribution in [3.8, 4) is 5.75 Å². The molecule has 2 aromatic rings. The Hall–Kier alpha value is -2.43. The van der Waals surface area contributed by atoms with Gasteiger partial charge >= 0.3 is 0 Å². The predicted octanol–water partition coefficient (Wildman–Crippen LogP) is 3.54. The van der Waals surface area contributed by atoms with Crippen LogP contribution in [0.3, 0.4) is 0 Å². The van der Waals surface area contributed by atoms with Gasteiger partial charge in [0.25, 0.3) is 0 Å². The molecule has 0 radical (unpaired) electrons. The summed E-state index contributed by atoms with van der Waals surface area (Å²) < 4.78 is 30.9. The first-order chi connectivity index (χ1) is 10.1. The number of ether oxygens (including phenoxy) is 1. The standard InChI is InChI=1S/C16H15F2NO2/c1-21-13-4-2-3-11(9-13)5-8-16(20)19-12-6-7-14(17)15(18)10-12/h2-4,6-7,9-10H,5,8H2,1H3,(H,19,20). The molecule has 21 heavy (non-hydrogen) atoms. The van der Waals surface area contributed by atoms with Gasteiger partial charge in [-0.3, -0.25) is 4.79 Å². The monoisotopic (exact) mass is 291 g/mol. The van der Waals surface area contributed by atoms with E-state index in [0.717, 1.165) is 23.4 Å². The van der Waals surface area contributed by atoms with Crippen LogP contribution in [0.25, 0.3) is 0 Å². The van der Waals surface area contributed by atoms with Crippen LogP contribution in [-0.4, -0.2) is 13.0 Å². The summed E-state index contributed by atoms with van der Waals surface area (Å²) >= 11 is 0. The molecule has 0 fully saturated rings. The summed E-state index contributed by atoms with van der Waals surface area (Å²) in [6, 6.07) is 10.7. The van der Waals surface area contributed by atoms with Gasteiger partial charge in [-0.1, -0.05) is 12.1 Å². The molecule has 2 rings (SSSR count). The van der Waals surface area contributed by atoms with E-state index in [2.05, 4.69) is 5.32 Å². The second-order valence-corrected chi connectivity index (χ2v) is 4.53. The minimum atomic E-state index is -0.986. The van der Waals surface area contributed by atoms with Crippen molar-refractivity contribution in [2.24, 2.45) is 0 Å². The zero-order valence-corrected chi connectivity index (χ0v) is 11.5. The molecule has 0 aliphatic heterocycles. The number of benzene rings is 2. The average molecular weight is 291 g/mol. The van der Waals surface area contributed by atoms with Gasteiger partial charge in [0.2, 0.25) is 5.91 Å². The van der Waals surface area contributed by atoms with Crippen molar-refractivity contribution in [3.05, 3.63) is 59.7 Å². The SMILES string of the molecule is COc1cccc(CCC(=O)Nc2ccc(F)c(F)c2)c1. The maximum Gasteiger partial charge on any atom is 0.224 e. The number of hydrogen-bond acceptors (Lipinski definition) is 2. The molecule has 110 valence electrons. The Morgan fingerprint density at radius 2 is 1.95 bits per heavy atom. The average Bonchev–Trinajstić information content (AvgIpc) is 2.49. The highest BCUT2D eigenvalue weighted by Gasteiger charge is 2.07. The first kappa shape index (κ1) is 15.0. The van der Waals surface area contributed by atoms with Crippen LogP contribution in [0, 0.1) is 11.6 Å². The van der Waals surface area contributed by atoms with E-state index >= 15 is 0 Å². The molecule has 3 nitrogen and oxygen atoms in total. The van der Waals surface area contributed by atoms with Crippen molar-refractivity contribution < 1.29 is 18.3 Å². The minimum Gasteiger partial charge on any atom is -0.497 e. The van der Waals surface area contributed by atoms with E-state index < -0.39 is 11.6 Å². The summed E-state index contributed by atoms with van der Waals surface area (Å²) in [5.74, 6) is -1.46. The van der Waals surface area contributed by atoms with E-state index in [-0.39, 0.29) is 18.0 Å². The Morgan fingerprint density at radius 1 is 1.14 bits per heavy atom. The number of rotatable bonds is 5. The minimum absolute atomic E-state index is 0.240. The highest BCUT2D eigenvalue weighted by molar-refractivity contribution is 5.90. The molecule has 0 aliphatic rings. The molecule has 0 heterocycles. The van der Waals surface area contributed by atoms with Crippen molar-refractivity contribution in [1.29, 1.82) is 0 Å². The summed E-state index contributed by atoms with van der Waals surface area (Å²) in [5.41, 5.74) is 1.21. The van der Waals surface area contributed by atoms with Gasteiger partial charge < -0.3 is 10.1 Å². The molecule has 0 aromatic heterocycles. The van der Waals surface area contributed by atoms with E-state index in [1.165, 1.54) is 6.07 Å². The molecule has 1 amide bonds. The van der Waals surface area contributed by atoms with Gasteiger partial charge in [-0.25, -0.2) is 8.78 Å². The van der Waals surface area contributed by atoms with Crippen molar-refractivity contribution in [1.82, 2.24) is 0 Å². The largest absolute Gasteiger partial charge is 0.497 e. The fourth-order valence-corrected chi connectivity index (χ4v) is 1.88. The number of anilines is 1. The van der Waals surface area contributed by atoms with Crippen molar-refractivity contribution in [2.75, 3.05) is 12.4 Å². The Balaban J connectivity index is 1.91. The van der Waals surface area contributed by atoms with Crippen LogP contribution in [0.4, 0.5) is 14.5 Å². The zero-order chi connectivity index (χ0) is 15.2. The second kappa shape index (κ2) is 6.83. The lowest BCUT2D eigenvalue weighted by Crippen LogP contribution is -2.12. The van der Waals surface area contributed by atoms with Crippen LogP contribution >= 0.6 is 0 Å². The van der Waals surface area contributed by atoms with E-state index in [4.69, 9.17) is 4.74 Å². The summed E-state index contributed by atoms with van der Waals surface area (Å²) in [6.07, 6.45) is 0.777. The van der Waals surface area contributed by atoms with E-state index in [0.29, 0.717) is 6.42 Å². The van der Waals surface area contributed by atoms with E-state index in [9.17, 15) is 13.6 Å². The maximum atomic E-state index is 13.0. The zero-order valence-electron chi connectivity index (χ0n) is 11.5. The molecule has 5 heteroatoms. The maximum absolute atomic E-state index is 13.0. The van der Waals surface area contributed by atoms with Gasteiger partial charge in [-0.15, -0.1) is 0 Å². The van der Waals surface area contributed by atoms with E-state index in [1.54, 1.807) is 7.11 Å². The highest BCUT2D eigenvalue weighted by Crippen LogP contribution is 2.16. The quantitative estimate of drug-likeness (QED) is 0.915. The van der Waals surface area contributed by atoms with Crippen molar-refractivity contribution >= 4 is 11.6 Å². The molecule has 0 saturated carbocycles. The second-order valence-electron chi connectivity index (χ2n) is 4.53. The van der Waals surface area contributed by atoms with Crippen LogP contribution in [0.1, 0.15) is 12.0 Å². The van der Waals surface area contributed by atoms with Crippen LogP contribution in [0.2, 0.25) is 0 Å². The van der Waals surface area contributed by atoms with E-state index in [1.807, 2.05) is 24.3 Å². The number of amides is 1. The lowest BCUT2D eigenvalue weighted by Gasteiger charge is -2.07. The molecule has 0 bridgehead atoms. The highest BCUT2D eigenvalue weighted by atomic mass is 19.2. The summed E-state index contributed by atoms with van der Waals surface area (Å²) in [4.78, 5) is 11.8. The third kappa shape index (κ3) is 4.27. The fraction of sp³-hybridized carbons (Fsp3) is 0.188. The van der Waals surface area contributed by atoms with Gasteiger partial charge in [0.1, 0.15) is 5.75 Å². The third-order valence-corrected chi connectivity index (χ3v) is 2.98. The lowest BCUT2D eigenvalue weighted by molar-refractivity contribution is -0.116. The molecular formula is C16H15F2NO2. The topological polar surface area (TPSA) is 38.3 Å². The van der Waals surface area contributed by atoms with Gasteiger partial charge in [0.05, 0.1) is 7.11 Å². The normalized spacial score (nSPS) is 10.2. The number of halogens is 2. The Kier molecular flexibility index (Phi) is 4.87. The molecule has 0 saturated heterocycles. The summed E-state index contributed by atoms with van der Waals surface area (Å²) in [7, 11) is 1.58. The van der Waals surface area contributed by atoms with Gasteiger partial charge in [0.15, 0.2) is 11.6 Å². The number of aryl methyl sites for hydroxylation is 1. The predicted molar refractivity (Wildman–Crippen MR) is 76.3 cm³/mol. The Labute approximate surface area is 121 Å². The first-order valence-electron chi connectivity index (χ1n) is 6.46. The summed E-state index contributed by atoms with van der Waals surface area (Å²) in [5, 5.41) is 2.53.